The predicted molar refractivity (Wildman–Crippen MR) is 65.5 cm³/mol. The van der Waals surface area contributed by atoms with Gasteiger partial charge >= 0.3 is 0 Å². The second-order valence-corrected chi connectivity index (χ2v) is 3.90. The zero-order chi connectivity index (χ0) is 11.4. The Morgan fingerprint density at radius 1 is 1.38 bits per heavy atom. The maximum absolute atomic E-state index is 5.49. The molecule has 7 heteroatoms. The lowest BCUT2D eigenvalue weighted by Crippen LogP contribution is -2.10. The van der Waals surface area contributed by atoms with E-state index in [1.54, 1.807) is 6.21 Å². The third kappa shape index (κ3) is 2.57. The van der Waals surface area contributed by atoms with E-state index in [2.05, 4.69) is 36.7 Å². The molecule has 0 fully saturated rings. The topological polar surface area (TPSA) is 81.1 Å². The number of benzene rings is 1. The second kappa shape index (κ2) is 4.75. The molecule has 1 heterocycles. The molecule has 0 radical (unpaired) electrons. The molecule has 0 bridgehead atoms. The zero-order valence-electron chi connectivity index (χ0n) is 8.21. The Bertz CT molecular complexity index is 489. The van der Waals surface area contributed by atoms with Crippen LogP contribution in [0.25, 0.3) is 0 Å². The lowest BCUT2D eigenvalue weighted by Gasteiger charge is -1.97. The minimum atomic E-state index is 0.383. The van der Waals surface area contributed by atoms with Gasteiger partial charge in [0.25, 0.3) is 5.95 Å². The number of nitrogens with one attached hydrogen (secondary N) is 1. The van der Waals surface area contributed by atoms with Crippen molar-refractivity contribution < 1.29 is 0 Å². The summed E-state index contributed by atoms with van der Waals surface area (Å²) in [6.07, 6.45) is 3.05. The zero-order valence-corrected chi connectivity index (χ0v) is 9.79. The van der Waals surface area contributed by atoms with Crippen molar-refractivity contribution >= 4 is 28.1 Å². The van der Waals surface area contributed by atoms with Crippen LogP contribution in [0.5, 0.6) is 0 Å². The summed E-state index contributed by atoms with van der Waals surface area (Å²) in [7, 11) is 0. The second-order valence-electron chi connectivity index (χ2n) is 2.98. The molecule has 0 saturated carbocycles. The van der Waals surface area contributed by atoms with Crippen molar-refractivity contribution in [3.8, 4) is 0 Å². The highest BCUT2D eigenvalue weighted by atomic mass is 79.9. The van der Waals surface area contributed by atoms with Gasteiger partial charge in [-0.15, -0.1) is 10.2 Å². The average Bonchev–Trinajstić information content (AvgIpc) is 2.68. The van der Waals surface area contributed by atoms with Gasteiger partial charge in [0.1, 0.15) is 6.33 Å². The third-order valence-corrected chi connectivity index (χ3v) is 2.35. The molecule has 0 unspecified atom stereocenters. The third-order valence-electron chi connectivity index (χ3n) is 1.82. The first-order valence-corrected chi connectivity index (χ1v) is 5.25. The lowest BCUT2D eigenvalue weighted by molar-refractivity contribution is 0.988. The number of hydrazone groups is 1. The van der Waals surface area contributed by atoms with Crippen LogP contribution in [-0.4, -0.2) is 21.1 Å². The van der Waals surface area contributed by atoms with Crippen LogP contribution in [0.15, 0.2) is 40.2 Å². The van der Waals surface area contributed by atoms with Crippen molar-refractivity contribution in [2.24, 2.45) is 5.10 Å². The SMILES string of the molecule is Nn1cnnc1N/N=C\c1ccc(Br)cc1. The van der Waals surface area contributed by atoms with Crippen LogP contribution < -0.4 is 11.3 Å². The normalized spacial score (nSPS) is 10.8. The standard InChI is InChI=1S/C9H9BrN6/c10-8-3-1-7(2-4-8)5-12-14-9-15-13-6-16(9)11/h1-6H,11H2,(H,14,15)/b12-5-. The molecule has 0 aliphatic carbocycles. The molecular formula is C9H9BrN6. The molecule has 6 nitrogen and oxygen atoms in total. The lowest BCUT2D eigenvalue weighted by atomic mass is 10.2. The van der Waals surface area contributed by atoms with Gasteiger partial charge in [-0.2, -0.15) is 5.10 Å². The molecule has 1 aromatic heterocycles. The number of hydrogen-bond acceptors (Lipinski definition) is 5. The Morgan fingerprint density at radius 2 is 2.12 bits per heavy atom. The molecule has 0 amide bonds. The molecule has 0 saturated heterocycles. The summed E-state index contributed by atoms with van der Waals surface area (Å²) in [5.74, 6) is 5.87. The summed E-state index contributed by atoms with van der Waals surface area (Å²) in [6, 6.07) is 7.74. The summed E-state index contributed by atoms with van der Waals surface area (Å²) in [4.78, 5) is 0. The highest BCUT2D eigenvalue weighted by molar-refractivity contribution is 9.10. The first-order valence-electron chi connectivity index (χ1n) is 4.45. The highest BCUT2D eigenvalue weighted by Crippen LogP contribution is 2.09. The maximum Gasteiger partial charge on any atom is 0.263 e. The minimum Gasteiger partial charge on any atom is -0.335 e. The van der Waals surface area contributed by atoms with Crippen LogP contribution in [0.2, 0.25) is 0 Å². The summed E-state index contributed by atoms with van der Waals surface area (Å²) in [5, 5.41) is 11.3. The molecule has 2 aromatic rings. The molecule has 2 rings (SSSR count). The molecule has 1 aromatic carbocycles. The number of rotatable bonds is 3. The van der Waals surface area contributed by atoms with E-state index in [0.29, 0.717) is 5.95 Å². The average molecular weight is 281 g/mol. The van der Waals surface area contributed by atoms with E-state index in [1.807, 2.05) is 24.3 Å². The smallest absolute Gasteiger partial charge is 0.263 e. The van der Waals surface area contributed by atoms with Crippen molar-refractivity contribution in [2.45, 2.75) is 0 Å². The Morgan fingerprint density at radius 3 is 2.75 bits per heavy atom. The number of hydrogen-bond donors (Lipinski definition) is 2. The fourth-order valence-electron chi connectivity index (χ4n) is 1.04. The van der Waals surface area contributed by atoms with Crippen molar-refractivity contribution in [1.82, 2.24) is 14.9 Å². The molecule has 0 aliphatic heterocycles. The Labute approximate surface area is 100 Å². The molecular weight excluding hydrogens is 272 g/mol. The van der Waals surface area contributed by atoms with Crippen LogP contribution >= 0.6 is 15.9 Å². The minimum absolute atomic E-state index is 0.383. The van der Waals surface area contributed by atoms with Crippen molar-refractivity contribution in [3.63, 3.8) is 0 Å². The van der Waals surface area contributed by atoms with Crippen LogP contribution in [0.4, 0.5) is 5.95 Å². The van der Waals surface area contributed by atoms with E-state index in [9.17, 15) is 0 Å². The molecule has 82 valence electrons. The van der Waals surface area contributed by atoms with Crippen LogP contribution in [0, 0.1) is 0 Å². The van der Waals surface area contributed by atoms with E-state index in [0.717, 1.165) is 10.0 Å². The Kier molecular flexibility index (Phi) is 3.16. The predicted octanol–water partition coefficient (Wildman–Crippen LogP) is 1.20. The van der Waals surface area contributed by atoms with Gasteiger partial charge in [0.15, 0.2) is 0 Å². The molecule has 16 heavy (non-hydrogen) atoms. The maximum atomic E-state index is 5.49. The van der Waals surface area contributed by atoms with Crippen LogP contribution in [-0.2, 0) is 0 Å². The first-order chi connectivity index (χ1) is 7.75. The highest BCUT2D eigenvalue weighted by Gasteiger charge is 1.96. The summed E-state index contributed by atoms with van der Waals surface area (Å²) < 4.78 is 2.28. The van der Waals surface area contributed by atoms with Gasteiger partial charge in [-0.05, 0) is 17.7 Å². The number of nitrogens with two attached hydrogens (primary N) is 1. The van der Waals surface area contributed by atoms with E-state index in [-0.39, 0.29) is 0 Å². The Balaban J connectivity index is 2.00. The van der Waals surface area contributed by atoms with E-state index in [4.69, 9.17) is 5.84 Å². The number of anilines is 1. The van der Waals surface area contributed by atoms with Crippen molar-refractivity contribution in [2.75, 3.05) is 11.3 Å². The fourth-order valence-corrected chi connectivity index (χ4v) is 1.30. The van der Waals surface area contributed by atoms with E-state index in [1.165, 1.54) is 11.0 Å². The van der Waals surface area contributed by atoms with Gasteiger partial charge in [-0.3, -0.25) is 0 Å². The number of nitrogen functional groups attached to an aromatic ring is 1. The summed E-state index contributed by atoms with van der Waals surface area (Å²) in [5.41, 5.74) is 3.65. The van der Waals surface area contributed by atoms with Gasteiger partial charge in [-0.1, -0.05) is 28.1 Å². The molecule has 0 atom stereocenters. The number of aromatic nitrogens is 3. The molecule has 0 aliphatic rings. The summed E-state index contributed by atoms with van der Waals surface area (Å²) >= 11 is 3.36. The summed E-state index contributed by atoms with van der Waals surface area (Å²) in [6.45, 7) is 0. The Hall–Kier alpha value is -1.89. The monoisotopic (exact) mass is 280 g/mol. The number of nitrogens with zero attached hydrogens (tertiary/aromatic N) is 4. The number of halogens is 1. The van der Waals surface area contributed by atoms with Gasteiger partial charge in [0.2, 0.25) is 0 Å². The quantitative estimate of drug-likeness (QED) is 0.503. The van der Waals surface area contributed by atoms with Crippen molar-refractivity contribution in [1.29, 1.82) is 0 Å². The van der Waals surface area contributed by atoms with Gasteiger partial charge in [0, 0.05) is 4.47 Å². The van der Waals surface area contributed by atoms with Gasteiger partial charge in [-0.25, -0.2) is 10.1 Å². The van der Waals surface area contributed by atoms with Crippen LogP contribution in [0.3, 0.4) is 0 Å². The van der Waals surface area contributed by atoms with E-state index < -0.39 is 0 Å². The molecule has 3 N–H and O–H groups in total. The van der Waals surface area contributed by atoms with Crippen LogP contribution in [0.1, 0.15) is 5.56 Å². The van der Waals surface area contributed by atoms with E-state index >= 15 is 0 Å². The van der Waals surface area contributed by atoms with Crippen molar-refractivity contribution in [3.05, 3.63) is 40.6 Å². The van der Waals surface area contributed by atoms with Gasteiger partial charge in [0.05, 0.1) is 6.21 Å². The first kappa shape index (κ1) is 10.6. The fraction of sp³-hybridized carbons (Fsp3) is 0. The van der Waals surface area contributed by atoms with Gasteiger partial charge < -0.3 is 5.84 Å². The molecule has 0 spiro atoms. The largest absolute Gasteiger partial charge is 0.335 e.